The molecule has 0 spiro atoms. The molecule has 4 heteroatoms. The van der Waals surface area contributed by atoms with Crippen LogP contribution >= 0.6 is 11.6 Å². The topological polar surface area (TPSA) is 31.2 Å². The summed E-state index contributed by atoms with van der Waals surface area (Å²) in [6.07, 6.45) is 4.25. The molecule has 0 bridgehead atoms. The zero-order valence-corrected chi connectivity index (χ0v) is 14.3. The maximum atomic E-state index is 13.3. The standard InChI is InChI=1S/C20H18ClNO2/c1-24-19-11-10-13(21)12-16(19)20(23)22-17-8-4-2-6-14(17)15-7-3-5-9-18(15)22/h2,4,6,8,10-12H,3,5,7,9H2,1H3. The van der Waals surface area contributed by atoms with Crippen molar-refractivity contribution in [1.82, 2.24) is 4.57 Å². The van der Waals surface area contributed by atoms with Crippen molar-refractivity contribution in [3.8, 4) is 5.75 Å². The average molecular weight is 340 g/mol. The van der Waals surface area contributed by atoms with Gasteiger partial charge in [-0.15, -0.1) is 0 Å². The number of rotatable bonds is 2. The van der Waals surface area contributed by atoms with Gasteiger partial charge >= 0.3 is 0 Å². The summed E-state index contributed by atoms with van der Waals surface area (Å²) in [5.41, 5.74) is 3.91. The van der Waals surface area contributed by atoms with Crippen LogP contribution in [0.1, 0.15) is 34.5 Å². The molecular weight excluding hydrogens is 322 g/mol. The summed E-state index contributed by atoms with van der Waals surface area (Å²) in [7, 11) is 1.57. The lowest BCUT2D eigenvalue weighted by atomic mass is 9.95. The van der Waals surface area contributed by atoms with Gasteiger partial charge in [-0.2, -0.15) is 0 Å². The van der Waals surface area contributed by atoms with E-state index in [1.165, 1.54) is 17.4 Å². The van der Waals surface area contributed by atoms with Gasteiger partial charge < -0.3 is 4.74 Å². The molecule has 1 aromatic heterocycles. The Morgan fingerprint density at radius 1 is 1.12 bits per heavy atom. The molecule has 2 aromatic carbocycles. The predicted molar refractivity (Wildman–Crippen MR) is 96.3 cm³/mol. The first-order chi connectivity index (χ1) is 11.7. The van der Waals surface area contributed by atoms with Crippen LogP contribution in [0.4, 0.5) is 0 Å². The van der Waals surface area contributed by atoms with Crippen molar-refractivity contribution in [3.63, 3.8) is 0 Å². The number of fused-ring (bicyclic) bond motifs is 3. The molecule has 3 nitrogen and oxygen atoms in total. The zero-order chi connectivity index (χ0) is 16.7. The minimum absolute atomic E-state index is 0.0753. The van der Waals surface area contributed by atoms with Crippen molar-refractivity contribution in [3.05, 3.63) is 64.3 Å². The number of methoxy groups -OCH3 is 1. The Hall–Kier alpha value is -2.26. The number of carbonyl (C=O) groups is 1. The fourth-order valence-corrected chi connectivity index (χ4v) is 3.87. The van der Waals surface area contributed by atoms with E-state index in [1.54, 1.807) is 25.3 Å². The van der Waals surface area contributed by atoms with Crippen molar-refractivity contribution < 1.29 is 9.53 Å². The van der Waals surface area contributed by atoms with Crippen LogP contribution in [0, 0.1) is 0 Å². The molecule has 1 aliphatic rings. The van der Waals surface area contributed by atoms with Gasteiger partial charge in [0.2, 0.25) is 0 Å². The zero-order valence-electron chi connectivity index (χ0n) is 13.5. The molecule has 1 aliphatic carbocycles. The highest BCUT2D eigenvalue weighted by Gasteiger charge is 2.25. The maximum Gasteiger partial charge on any atom is 0.266 e. The second-order valence-electron chi connectivity index (χ2n) is 6.13. The number of halogens is 1. The monoisotopic (exact) mass is 339 g/mol. The van der Waals surface area contributed by atoms with Gasteiger partial charge in [0, 0.05) is 16.1 Å². The van der Waals surface area contributed by atoms with Crippen LogP contribution in [0.2, 0.25) is 5.02 Å². The second kappa shape index (κ2) is 5.99. The van der Waals surface area contributed by atoms with Crippen molar-refractivity contribution >= 4 is 28.4 Å². The molecule has 0 aliphatic heterocycles. The Labute approximate surface area is 145 Å². The van der Waals surface area contributed by atoms with E-state index >= 15 is 0 Å². The first kappa shape index (κ1) is 15.3. The average Bonchev–Trinajstić information content (AvgIpc) is 2.95. The van der Waals surface area contributed by atoms with Gasteiger partial charge in [0.15, 0.2) is 0 Å². The number of hydrogen-bond donors (Lipinski definition) is 0. The molecule has 4 rings (SSSR count). The van der Waals surface area contributed by atoms with E-state index in [0.717, 1.165) is 30.5 Å². The number of aromatic nitrogens is 1. The largest absolute Gasteiger partial charge is 0.496 e. The minimum atomic E-state index is -0.0753. The summed E-state index contributed by atoms with van der Waals surface area (Å²) < 4.78 is 7.24. The van der Waals surface area contributed by atoms with Crippen molar-refractivity contribution in [1.29, 1.82) is 0 Å². The Morgan fingerprint density at radius 3 is 2.75 bits per heavy atom. The van der Waals surface area contributed by atoms with Gasteiger partial charge in [-0.25, -0.2) is 0 Å². The summed E-state index contributed by atoms with van der Waals surface area (Å²) in [6, 6.07) is 13.3. The highest BCUT2D eigenvalue weighted by molar-refractivity contribution is 6.31. The van der Waals surface area contributed by atoms with Crippen LogP contribution in [0.5, 0.6) is 5.75 Å². The summed E-state index contributed by atoms with van der Waals surface area (Å²) in [6.45, 7) is 0. The van der Waals surface area contributed by atoms with E-state index < -0.39 is 0 Å². The third-order valence-corrected chi connectivity index (χ3v) is 5.01. The van der Waals surface area contributed by atoms with E-state index in [1.807, 2.05) is 22.8 Å². The van der Waals surface area contributed by atoms with Gasteiger partial charge in [0.25, 0.3) is 5.91 Å². The molecule has 0 N–H and O–H groups in total. The number of para-hydroxylation sites is 1. The van der Waals surface area contributed by atoms with Gasteiger partial charge in [-0.1, -0.05) is 29.8 Å². The summed E-state index contributed by atoms with van der Waals surface area (Å²) in [4.78, 5) is 13.3. The number of nitrogens with zero attached hydrogens (tertiary/aromatic N) is 1. The third kappa shape index (κ3) is 2.31. The van der Waals surface area contributed by atoms with E-state index in [4.69, 9.17) is 16.3 Å². The minimum Gasteiger partial charge on any atom is -0.496 e. The summed E-state index contributed by atoms with van der Waals surface area (Å²) >= 11 is 6.12. The van der Waals surface area contributed by atoms with E-state index in [2.05, 4.69) is 6.07 Å². The van der Waals surface area contributed by atoms with Crippen LogP contribution < -0.4 is 4.74 Å². The fourth-order valence-electron chi connectivity index (χ4n) is 3.70. The number of carbonyl (C=O) groups excluding carboxylic acids is 1. The molecule has 0 unspecified atom stereocenters. The molecule has 24 heavy (non-hydrogen) atoms. The van der Waals surface area contributed by atoms with Gasteiger partial charge in [0.05, 0.1) is 18.2 Å². The SMILES string of the molecule is COc1ccc(Cl)cc1C(=O)n1c2c(c3ccccc31)CCCC2. The van der Waals surface area contributed by atoms with Crippen LogP contribution in [-0.4, -0.2) is 17.6 Å². The molecule has 0 saturated heterocycles. The highest BCUT2D eigenvalue weighted by Crippen LogP contribution is 2.34. The molecule has 0 fully saturated rings. The van der Waals surface area contributed by atoms with E-state index in [9.17, 15) is 4.79 Å². The Bertz CT molecular complexity index is 942. The number of aryl methyl sites for hydroxylation is 1. The fraction of sp³-hybridized carbons (Fsp3) is 0.250. The molecule has 0 atom stereocenters. The number of ether oxygens (including phenoxy) is 1. The molecule has 122 valence electrons. The summed E-state index contributed by atoms with van der Waals surface area (Å²) in [5, 5.41) is 1.71. The molecule has 0 radical (unpaired) electrons. The van der Waals surface area contributed by atoms with Crippen molar-refractivity contribution in [2.24, 2.45) is 0 Å². The Kier molecular flexibility index (Phi) is 3.81. The molecular formula is C20H18ClNO2. The summed E-state index contributed by atoms with van der Waals surface area (Å²) in [5.74, 6) is 0.473. The maximum absolute atomic E-state index is 13.3. The van der Waals surface area contributed by atoms with E-state index in [-0.39, 0.29) is 5.91 Å². The molecule has 1 heterocycles. The lowest BCUT2D eigenvalue weighted by Crippen LogP contribution is -2.18. The molecule has 3 aromatic rings. The normalized spacial score (nSPS) is 13.8. The van der Waals surface area contributed by atoms with Crippen molar-refractivity contribution in [2.75, 3.05) is 7.11 Å². The van der Waals surface area contributed by atoms with Crippen LogP contribution in [0.15, 0.2) is 42.5 Å². The first-order valence-electron chi connectivity index (χ1n) is 8.20. The quantitative estimate of drug-likeness (QED) is 0.667. The number of hydrogen-bond acceptors (Lipinski definition) is 2. The highest BCUT2D eigenvalue weighted by atomic mass is 35.5. The lowest BCUT2D eigenvalue weighted by molar-refractivity contribution is 0.0958. The van der Waals surface area contributed by atoms with Gasteiger partial charge in [0.1, 0.15) is 5.75 Å². The molecule has 0 saturated carbocycles. The second-order valence-corrected chi connectivity index (χ2v) is 6.57. The van der Waals surface area contributed by atoms with Crippen LogP contribution in [0.3, 0.4) is 0 Å². The van der Waals surface area contributed by atoms with Crippen LogP contribution in [-0.2, 0) is 12.8 Å². The predicted octanol–water partition coefficient (Wildman–Crippen LogP) is 4.87. The number of benzene rings is 2. The van der Waals surface area contributed by atoms with Crippen molar-refractivity contribution in [2.45, 2.75) is 25.7 Å². The van der Waals surface area contributed by atoms with Gasteiger partial charge in [-0.3, -0.25) is 9.36 Å². The smallest absolute Gasteiger partial charge is 0.266 e. The lowest BCUT2D eigenvalue weighted by Gasteiger charge is -2.16. The van der Waals surface area contributed by atoms with Gasteiger partial charge in [-0.05, 0) is 55.5 Å². The third-order valence-electron chi connectivity index (χ3n) is 4.77. The molecule has 0 amide bonds. The Balaban J connectivity index is 1.97. The van der Waals surface area contributed by atoms with Crippen LogP contribution in [0.25, 0.3) is 10.9 Å². The first-order valence-corrected chi connectivity index (χ1v) is 8.58. The Morgan fingerprint density at radius 2 is 1.92 bits per heavy atom. The van der Waals surface area contributed by atoms with E-state index in [0.29, 0.717) is 16.3 Å².